The van der Waals surface area contributed by atoms with Gasteiger partial charge in [0.25, 0.3) is 0 Å². The number of carboxylic acids is 1. The van der Waals surface area contributed by atoms with E-state index in [1.54, 1.807) is 0 Å². The normalized spacial score (nSPS) is 10.3. The lowest BCUT2D eigenvalue weighted by molar-refractivity contribution is -0.137. The van der Waals surface area contributed by atoms with Crippen LogP contribution < -0.4 is 4.90 Å². The van der Waals surface area contributed by atoms with Crippen LogP contribution in [0.2, 0.25) is 0 Å². The van der Waals surface area contributed by atoms with Gasteiger partial charge in [0.05, 0.1) is 11.6 Å². The molecule has 0 atom stereocenters. The summed E-state index contributed by atoms with van der Waals surface area (Å²) in [5, 5.41) is 17.6. The van der Waals surface area contributed by atoms with E-state index < -0.39 is 5.97 Å². The Kier molecular flexibility index (Phi) is 5.37. The van der Waals surface area contributed by atoms with Gasteiger partial charge in [0.2, 0.25) is 0 Å². The Morgan fingerprint density at radius 2 is 2.16 bits per heavy atom. The number of aryl methyl sites for hydroxylation is 1. The molecule has 0 spiro atoms. The Labute approximate surface area is 114 Å². The van der Waals surface area contributed by atoms with Gasteiger partial charge < -0.3 is 10.0 Å². The number of anilines is 1. The lowest BCUT2D eigenvalue weighted by Crippen LogP contribution is -2.32. The van der Waals surface area contributed by atoms with Gasteiger partial charge in [-0.15, -0.1) is 0 Å². The van der Waals surface area contributed by atoms with Gasteiger partial charge >= 0.3 is 5.97 Å². The number of carbonyl (C=O) groups is 1. The van der Waals surface area contributed by atoms with E-state index in [1.165, 1.54) is 0 Å². The highest BCUT2D eigenvalue weighted by molar-refractivity contribution is 5.66. The zero-order chi connectivity index (χ0) is 14.4. The fourth-order valence-electron chi connectivity index (χ4n) is 2.04. The summed E-state index contributed by atoms with van der Waals surface area (Å²) in [4.78, 5) is 12.7. The van der Waals surface area contributed by atoms with E-state index in [4.69, 9.17) is 10.4 Å². The van der Waals surface area contributed by atoms with Crippen LogP contribution >= 0.6 is 0 Å². The van der Waals surface area contributed by atoms with Crippen molar-refractivity contribution in [3.05, 3.63) is 29.3 Å². The second kappa shape index (κ2) is 6.79. The summed E-state index contributed by atoms with van der Waals surface area (Å²) >= 11 is 0. The maximum atomic E-state index is 10.6. The molecule has 0 aliphatic rings. The smallest absolute Gasteiger partial charge is 0.303 e. The molecule has 0 saturated heterocycles. The van der Waals surface area contributed by atoms with E-state index in [-0.39, 0.29) is 6.42 Å². The number of rotatable bonds is 6. The molecular formula is C15H20N2O2. The minimum Gasteiger partial charge on any atom is -0.481 e. The first-order valence-corrected chi connectivity index (χ1v) is 6.45. The number of nitriles is 1. The molecule has 0 radical (unpaired) electrons. The Morgan fingerprint density at radius 1 is 1.47 bits per heavy atom. The number of benzene rings is 1. The molecule has 0 saturated carbocycles. The van der Waals surface area contributed by atoms with Crippen LogP contribution in [0.25, 0.3) is 0 Å². The fraction of sp³-hybridized carbons (Fsp3) is 0.467. The van der Waals surface area contributed by atoms with Crippen molar-refractivity contribution < 1.29 is 9.90 Å². The number of carboxylic acid groups (broad SMARTS) is 1. The van der Waals surface area contributed by atoms with Crippen molar-refractivity contribution in [2.24, 2.45) is 0 Å². The SMILES string of the molecule is Cc1cc(N(CCCC(=O)O)C(C)C)ccc1C#N. The zero-order valence-electron chi connectivity index (χ0n) is 11.7. The molecule has 0 aromatic heterocycles. The van der Waals surface area contributed by atoms with Crippen LogP contribution in [0, 0.1) is 18.3 Å². The highest BCUT2D eigenvalue weighted by Gasteiger charge is 2.12. The lowest BCUT2D eigenvalue weighted by atomic mass is 10.1. The zero-order valence-corrected chi connectivity index (χ0v) is 11.7. The second-order valence-corrected chi connectivity index (χ2v) is 4.90. The maximum absolute atomic E-state index is 10.6. The first-order valence-electron chi connectivity index (χ1n) is 6.45. The molecule has 4 heteroatoms. The topological polar surface area (TPSA) is 64.3 Å². The van der Waals surface area contributed by atoms with Gasteiger partial charge in [0.1, 0.15) is 0 Å². The van der Waals surface area contributed by atoms with Crippen LogP contribution in [-0.4, -0.2) is 23.7 Å². The predicted octanol–water partition coefficient (Wildman–Crippen LogP) is 2.95. The van der Waals surface area contributed by atoms with Gasteiger partial charge in [-0.05, 0) is 51.0 Å². The van der Waals surface area contributed by atoms with Gasteiger partial charge in [0.15, 0.2) is 0 Å². The van der Waals surface area contributed by atoms with Crippen LogP contribution in [0.3, 0.4) is 0 Å². The standard InChI is InChI=1S/C15H20N2O2/c1-11(2)17(8-4-5-15(18)19)14-7-6-13(10-16)12(3)9-14/h6-7,9,11H,4-5,8H2,1-3H3,(H,18,19). The third-order valence-electron chi connectivity index (χ3n) is 3.08. The van der Waals surface area contributed by atoms with E-state index in [0.717, 1.165) is 11.3 Å². The molecule has 1 aromatic rings. The first-order chi connectivity index (χ1) is 8.95. The Bertz CT molecular complexity index is 489. The molecule has 4 nitrogen and oxygen atoms in total. The van der Waals surface area contributed by atoms with Crippen molar-refractivity contribution in [1.82, 2.24) is 0 Å². The van der Waals surface area contributed by atoms with Crippen LogP contribution in [0.15, 0.2) is 18.2 Å². The second-order valence-electron chi connectivity index (χ2n) is 4.90. The third-order valence-corrected chi connectivity index (χ3v) is 3.08. The maximum Gasteiger partial charge on any atom is 0.303 e. The summed E-state index contributed by atoms with van der Waals surface area (Å²) < 4.78 is 0. The molecule has 0 aliphatic heterocycles. The summed E-state index contributed by atoms with van der Waals surface area (Å²) in [6.07, 6.45) is 0.797. The van der Waals surface area contributed by atoms with Gasteiger partial charge in [-0.1, -0.05) is 0 Å². The van der Waals surface area contributed by atoms with E-state index in [1.807, 2.05) is 25.1 Å². The van der Waals surface area contributed by atoms with Crippen molar-refractivity contribution in [1.29, 1.82) is 5.26 Å². The molecule has 0 heterocycles. The third kappa shape index (κ3) is 4.29. The van der Waals surface area contributed by atoms with Gasteiger partial charge in [-0.2, -0.15) is 5.26 Å². The number of hydrogen-bond acceptors (Lipinski definition) is 3. The van der Waals surface area contributed by atoms with E-state index in [9.17, 15) is 4.79 Å². The molecule has 0 aliphatic carbocycles. The van der Waals surface area contributed by atoms with Crippen LogP contribution in [0.1, 0.15) is 37.8 Å². The molecule has 0 bridgehead atoms. The molecule has 102 valence electrons. The molecule has 1 aromatic carbocycles. The van der Waals surface area contributed by atoms with Crippen LogP contribution in [0.4, 0.5) is 5.69 Å². The largest absolute Gasteiger partial charge is 0.481 e. The Hall–Kier alpha value is -2.02. The molecular weight excluding hydrogens is 240 g/mol. The molecule has 0 unspecified atom stereocenters. The van der Waals surface area contributed by atoms with Crippen molar-refractivity contribution in [3.63, 3.8) is 0 Å². The van der Waals surface area contributed by atoms with Gasteiger partial charge in [-0.25, -0.2) is 0 Å². The number of nitrogens with zero attached hydrogens (tertiary/aromatic N) is 2. The van der Waals surface area contributed by atoms with Gasteiger partial charge in [0, 0.05) is 24.7 Å². The molecule has 1 rings (SSSR count). The van der Waals surface area contributed by atoms with Crippen molar-refractivity contribution in [2.45, 2.75) is 39.7 Å². The fourth-order valence-corrected chi connectivity index (χ4v) is 2.04. The highest BCUT2D eigenvalue weighted by atomic mass is 16.4. The minimum absolute atomic E-state index is 0.179. The molecule has 19 heavy (non-hydrogen) atoms. The average molecular weight is 260 g/mol. The summed E-state index contributed by atoms with van der Waals surface area (Å²) in [5.74, 6) is -0.764. The summed E-state index contributed by atoms with van der Waals surface area (Å²) in [7, 11) is 0. The minimum atomic E-state index is -0.764. The lowest BCUT2D eigenvalue weighted by Gasteiger charge is -2.29. The van der Waals surface area contributed by atoms with E-state index in [2.05, 4.69) is 24.8 Å². The molecule has 1 N–H and O–H groups in total. The van der Waals surface area contributed by atoms with Crippen molar-refractivity contribution >= 4 is 11.7 Å². The van der Waals surface area contributed by atoms with Crippen molar-refractivity contribution in [2.75, 3.05) is 11.4 Å². The molecule has 0 amide bonds. The van der Waals surface area contributed by atoms with Crippen LogP contribution in [0.5, 0.6) is 0 Å². The average Bonchev–Trinajstić information content (AvgIpc) is 2.33. The Balaban J connectivity index is 2.84. The number of hydrogen-bond donors (Lipinski definition) is 1. The summed E-state index contributed by atoms with van der Waals surface area (Å²) in [6, 6.07) is 8.17. The first kappa shape index (κ1) is 15.0. The van der Waals surface area contributed by atoms with E-state index >= 15 is 0 Å². The Morgan fingerprint density at radius 3 is 2.63 bits per heavy atom. The van der Waals surface area contributed by atoms with Crippen LogP contribution in [-0.2, 0) is 4.79 Å². The van der Waals surface area contributed by atoms with E-state index in [0.29, 0.717) is 24.6 Å². The highest BCUT2D eigenvalue weighted by Crippen LogP contribution is 2.21. The summed E-state index contributed by atoms with van der Waals surface area (Å²) in [6.45, 7) is 6.77. The number of aliphatic carboxylic acids is 1. The quantitative estimate of drug-likeness (QED) is 0.854. The monoisotopic (exact) mass is 260 g/mol. The predicted molar refractivity (Wildman–Crippen MR) is 75.2 cm³/mol. The van der Waals surface area contributed by atoms with Gasteiger partial charge in [-0.3, -0.25) is 4.79 Å². The summed E-state index contributed by atoms with van der Waals surface area (Å²) in [5.41, 5.74) is 2.67. The molecule has 0 fully saturated rings. The van der Waals surface area contributed by atoms with Crippen molar-refractivity contribution in [3.8, 4) is 6.07 Å².